The lowest BCUT2D eigenvalue weighted by Crippen LogP contribution is -1.78. The number of rotatable bonds is 0. The van der Waals surface area contributed by atoms with Gasteiger partial charge < -0.3 is 14.7 Å². The predicted octanol–water partition coefficient (Wildman–Crippen LogP) is -0.644. The number of hydrogen-bond donors (Lipinski definition) is 3. The summed E-state index contributed by atoms with van der Waals surface area (Å²) in [5.74, 6) is 0. The van der Waals surface area contributed by atoms with Crippen LogP contribution in [-0.2, 0) is 0 Å². The van der Waals surface area contributed by atoms with E-state index in [2.05, 4.69) is 0 Å². The maximum atomic E-state index is 7.74. The Kier molecular flexibility index (Phi) is 1.26. The summed E-state index contributed by atoms with van der Waals surface area (Å²) in [5.41, 5.74) is 0. The minimum atomic E-state index is -3.39. The zero-order valence-electron chi connectivity index (χ0n) is 2.79. The summed E-state index contributed by atoms with van der Waals surface area (Å²) < 4.78 is 0. The molecule has 0 rings (SSSR count). The standard InChI is InChI=1S/CH6O3P/c1-5(2,3)4/h2-4H,1H3. The fourth-order valence-corrected chi connectivity index (χ4v) is 0. The van der Waals surface area contributed by atoms with Crippen molar-refractivity contribution in [2.45, 2.75) is 0 Å². The van der Waals surface area contributed by atoms with Crippen molar-refractivity contribution in [2.75, 3.05) is 6.66 Å². The van der Waals surface area contributed by atoms with Crippen molar-refractivity contribution in [1.29, 1.82) is 0 Å². The fourth-order valence-electron chi connectivity index (χ4n) is 0. The third kappa shape index (κ3) is 239. The molecule has 0 aliphatic carbocycles. The van der Waals surface area contributed by atoms with Gasteiger partial charge in [-0.2, -0.15) is 0 Å². The van der Waals surface area contributed by atoms with Gasteiger partial charge in [-0.1, -0.05) is 0 Å². The first-order valence-corrected chi connectivity index (χ1v) is 3.14. The summed E-state index contributed by atoms with van der Waals surface area (Å²) in [5, 5.41) is 0. The van der Waals surface area contributed by atoms with Crippen LogP contribution in [0, 0.1) is 0 Å². The second-order valence-electron chi connectivity index (χ2n) is 0.868. The predicted molar refractivity (Wildman–Crippen MR) is 19.5 cm³/mol. The van der Waals surface area contributed by atoms with Crippen LogP contribution >= 0.6 is 7.94 Å². The summed E-state index contributed by atoms with van der Waals surface area (Å²) in [6.07, 6.45) is 0. The van der Waals surface area contributed by atoms with Crippen LogP contribution in [0.4, 0.5) is 0 Å². The van der Waals surface area contributed by atoms with E-state index < -0.39 is 7.94 Å². The van der Waals surface area contributed by atoms with E-state index in [0.29, 0.717) is 0 Å². The Balaban J connectivity index is 3.02. The van der Waals surface area contributed by atoms with Crippen LogP contribution in [0.3, 0.4) is 0 Å². The Hall–Kier alpha value is 0.310. The fraction of sp³-hybridized carbons (Fsp3) is 1.00. The lowest BCUT2D eigenvalue weighted by Gasteiger charge is -2.03. The molecule has 0 aliphatic rings. The summed E-state index contributed by atoms with van der Waals surface area (Å²) >= 11 is 0. The molecule has 0 aromatic rings. The van der Waals surface area contributed by atoms with E-state index in [1.54, 1.807) is 0 Å². The molecule has 0 aromatic heterocycles. The monoisotopic (exact) mass is 97.0 g/mol. The highest BCUT2D eigenvalue weighted by atomic mass is 31.2. The first kappa shape index (κ1) is 5.31. The van der Waals surface area contributed by atoms with Gasteiger partial charge in [0.15, 0.2) is 0 Å². The Morgan fingerprint density at radius 3 is 1.20 bits per heavy atom. The molecule has 3 nitrogen and oxygen atoms in total. The van der Waals surface area contributed by atoms with Crippen molar-refractivity contribution in [3.8, 4) is 0 Å². The zero-order valence-corrected chi connectivity index (χ0v) is 3.68. The molecule has 0 aliphatic heterocycles. The van der Waals surface area contributed by atoms with E-state index in [1.165, 1.54) is 0 Å². The topological polar surface area (TPSA) is 60.7 Å². The SMILES string of the molecule is C[P](O)(O)O. The molecular weight excluding hydrogens is 91.0 g/mol. The quantitative estimate of drug-likeness (QED) is 0.352. The van der Waals surface area contributed by atoms with Crippen LogP contribution in [0.5, 0.6) is 0 Å². The van der Waals surface area contributed by atoms with Crippen molar-refractivity contribution >= 4 is 7.94 Å². The molecule has 0 saturated carbocycles. The molecule has 0 atom stereocenters. The van der Waals surface area contributed by atoms with Crippen LogP contribution in [0.1, 0.15) is 0 Å². The van der Waals surface area contributed by atoms with Gasteiger partial charge in [0, 0.05) is 6.66 Å². The first-order chi connectivity index (χ1) is 2.00. The average Bonchev–Trinajstić information content (AvgIpc) is 0.722. The lowest BCUT2D eigenvalue weighted by molar-refractivity contribution is 0.340. The maximum absolute atomic E-state index is 7.74. The van der Waals surface area contributed by atoms with E-state index in [0.717, 1.165) is 6.66 Å². The van der Waals surface area contributed by atoms with Gasteiger partial charge in [0.05, 0.1) is 0 Å². The van der Waals surface area contributed by atoms with E-state index in [1.807, 2.05) is 0 Å². The number of hydrogen-bond acceptors (Lipinski definition) is 3. The molecule has 0 amide bonds. The van der Waals surface area contributed by atoms with Gasteiger partial charge in [-0.25, -0.2) is 0 Å². The molecule has 0 saturated heterocycles. The molecule has 33 valence electrons. The Morgan fingerprint density at radius 1 is 1.20 bits per heavy atom. The van der Waals surface area contributed by atoms with Gasteiger partial charge in [-0.05, 0) is 0 Å². The van der Waals surface area contributed by atoms with Gasteiger partial charge in [-0.15, -0.1) is 0 Å². The van der Waals surface area contributed by atoms with Gasteiger partial charge in [0.2, 0.25) is 7.94 Å². The highest BCUT2D eigenvalue weighted by Crippen LogP contribution is 2.38. The summed E-state index contributed by atoms with van der Waals surface area (Å²) in [7, 11) is -3.39. The first-order valence-electron chi connectivity index (χ1n) is 1.05. The molecule has 0 spiro atoms. The highest BCUT2D eigenvalue weighted by molar-refractivity contribution is 7.57. The van der Waals surface area contributed by atoms with Crippen LogP contribution in [0.25, 0.3) is 0 Å². The van der Waals surface area contributed by atoms with Gasteiger partial charge in [0.25, 0.3) is 0 Å². The van der Waals surface area contributed by atoms with Crippen LogP contribution in [0.15, 0.2) is 0 Å². The van der Waals surface area contributed by atoms with Crippen molar-refractivity contribution in [3.05, 3.63) is 0 Å². The van der Waals surface area contributed by atoms with E-state index in [4.69, 9.17) is 14.7 Å². The molecule has 3 N–H and O–H groups in total. The van der Waals surface area contributed by atoms with Gasteiger partial charge >= 0.3 is 0 Å². The van der Waals surface area contributed by atoms with Crippen molar-refractivity contribution in [1.82, 2.24) is 0 Å². The zero-order chi connectivity index (χ0) is 4.50. The van der Waals surface area contributed by atoms with E-state index in [-0.39, 0.29) is 0 Å². The second-order valence-corrected chi connectivity index (χ2v) is 2.60. The van der Waals surface area contributed by atoms with Crippen LogP contribution < -0.4 is 0 Å². The minimum Gasteiger partial charge on any atom is -0.336 e. The second kappa shape index (κ2) is 1.19. The van der Waals surface area contributed by atoms with Gasteiger partial charge in [0.1, 0.15) is 0 Å². The largest absolute Gasteiger partial charge is 0.336 e. The minimum absolute atomic E-state index is 0.965. The van der Waals surface area contributed by atoms with Gasteiger partial charge in [-0.3, -0.25) is 0 Å². The molecule has 0 aromatic carbocycles. The molecule has 5 heavy (non-hydrogen) atoms. The molecular formula is CH6O3P. The Labute approximate surface area is 30.5 Å². The summed E-state index contributed by atoms with van der Waals surface area (Å²) in [6, 6.07) is 0. The van der Waals surface area contributed by atoms with Crippen LogP contribution in [0.2, 0.25) is 0 Å². The van der Waals surface area contributed by atoms with Crippen molar-refractivity contribution in [3.63, 3.8) is 0 Å². The molecule has 1 radical (unpaired) electrons. The third-order valence-corrected chi connectivity index (χ3v) is 0. The molecule has 4 heteroatoms. The van der Waals surface area contributed by atoms with E-state index >= 15 is 0 Å². The van der Waals surface area contributed by atoms with E-state index in [9.17, 15) is 0 Å². The molecule has 0 bridgehead atoms. The average molecular weight is 97.0 g/mol. The Morgan fingerprint density at radius 2 is 1.20 bits per heavy atom. The smallest absolute Gasteiger partial charge is 0.222 e. The lowest BCUT2D eigenvalue weighted by atomic mass is 12.0. The molecule has 0 heterocycles. The maximum Gasteiger partial charge on any atom is 0.222 e. The van der Waals surface area contributed by atoms with Crippen molar-refractivity contribution < 1.29 is 14.7 Å². The summed E-state index contributed by atoms with van der Waals surface area (Å²) in [6.45, 7) is 0.965. The molecule has 0 fully saturated rings. The Bertz CT molecular complexity index is 22.4. The molecule has 0 unspecified atom stereocenters. The summed E-state index contributed by atoms with van der Waals surface area (Å²) in [4.78, 5) is 23.2. The van der Waals surface area contributed by atoms with Crippen molar-refractivity contribution in [2.24, 2.45) is 0 Å². The van der Waals surface area contributed by atoms with Crippen LogP contribution in [-0.4, -0.2) is 21.3 Å². The third-order valence-electron chi connectivity index (χ3n) is 0. The highest BCUT2D eigenvalue weighted by Gasteiger charge is 2.01. The normalized spacial score (nSPS) is 12.0.